The number of carbonyl (C=O) groups excluding carboxylic acids is 1. The first-order chi connectivity index (χ1) is 12.1. The van der Waals surface area contributed by atoms with Gasteiger partial charge in [0.2, 0.25) is 5.91 Å². The summed E-state index contributed by atoms with van der Waals surface area (Å²) in [5, 5.41) is 0. The van der Waals surface area contributed by atoms with E-state index in [2.05, 4.69) is 68.0 Å². The van der Waals surface area contributed by atoms with E-state index in [4.69, 9.17) is 0 Å². The fourth-order valence-electron chi connectivity index (χ4n) is 4.07. The van der Waals surface area contributed by atoms with Crippen LogP contribution in [0.5, 0.6) is 0 Å². The van der Waals surface area contributed by atoms with Crippen molar-refractivity contribution in [3.63, 3.8) is 0 Å². The second kappa shape index (κ2) is 8.53. The number of nitrogens with zero attached hydrogens (tertiary/aromatic N) is 3. The molecule has 146 valence electrons. The number of hydrogen-bond donors (Lipinski definition) is 0. The maximum atomic E-state index is 12.1. The maximum absolute atomic E-state index is 12.1. The highest BCUT2D eigenvalue weighted by molar-refractivity contribution is 5.77. The summed E-state index contributed by atoms with van der Waals surface area (Å²) in [7, 11) is 5.75. The number of benzene rings is 1. The van der Waals surface area contributed by atoms with E-state index < -0.39 is 0 Å². The molecule has 1 heterocycles. The SMILES string of the molecule is CN(CC(=O)N(C)C)CC1(Cc2ccccc2)CCN(C(C)(C)C)CC1. The summed E-state index contributed by atoms with van der Waals surface area (Å²) >= 11 is 0. The maximum Gasteiger partial charge on any atom is 0.236 e. The van der Waals surface area contributed by atoms with Gasteiger partial charge in [-0.1, -0.05) is 30.3 Å². The molecule has 1 aliphatic heterocycles. The standard InChI is InChI=1S/C22H37N3O/c1-21(2,3)25-14-12-22(13-15-25,16-19-10-8-7-9-11-19)18-24(6)17-20(26)23(4)5/h7-11H,12-18H2,1-6H3. The van der Waals surface area contributed by atoms with Crippen molar-refractivity contribution in [2.75, 3.05) is 47.3 Å². The highest BCUT2D eigenvalue weighted by Gasteiger charge is 2.38. The van der Waals surface area contributed by atoms with Crippen molar-refractivity contribution >= 4 is 5.91 Å². The number of rotatable bonds is 6. The molecule has 1 amide bonds. The van der Waals surface area contributed by atoms with E-state index in [1.165, 1.54) is 18.4 Å². The number of likely N-dealkylation sites (tertiary alicyclic amines) is 1. The molecule has 0 N–H and O–H groups in total. The molecule has 4 heteroatoms. The second-order valence-electron chi connectivity index (χ2n) is 9.28. The molecular weight excluding hydrogens is 322 g/mol. The average molecular weight is 360 g/mol. The molecule has 0 spiro atoms. The molecule has 0 aromatic heterocycles. The van der Waals surface area contributed by atoms with Gasteiger partial charge in [0.25, 0.3) is 0 Å². The van der Waals surface area contributed by atoms with Gasteiger partial charge in [-0.05, 0) is 71.1 Å². The monoisotopic (exact) mass is 359 g/mol. The van der Waals surface area contributed by atoms with Gasteiger partial charge < -0.3 is 4.90 Å². The number of hydrogen-bond acceptors (Lipinski definition) is 3. The van der Waals surface area contributed by atoms with Crippen LogP contribution in [0.15, 0.2) is 30.3 Å². The van der Waals surface area contributed by atoms with Gasteiger partial charge in [-0.3, -0.25) is 14.6 Å². The van der Waals surface area contributed by atoms with Crippen LogP contribution < -0.4 is 0 Å². The molecule has 1 aromatic carbocycles. The van der Waals surface area contributed by atoms with Crippen molar-refractivity contribution in [2.45, 2.75) is 45.6 Å². The lowest BCUT2D eigenvalue weighted by atomic mass is 9.72. The third-order valence-electron chi connectivity index (χ3n) is 5.70. The van der Waals surface area contributed by atoms with E-state index in [0.29, 0.717) is 6.54 Å². The zero-order valence-electron chi connectivity index (χ0n) is 17.6. The van der Waals surface area contributed by atoms with Crippen molar-refractivity contribution in [2.24, 2.45) is 5.41 Å². The van der Waals surface area contributed by atoms with Crippen LogP contribution in [0, 0.1) is 5.41 Å². The van der Waals surface area contributed by atoms with Gasteiger partial charge in [0.05, 0.1) is 6.54 Å². The Bertz CT molecular complexity index is 569. The highest BCUT2D eigenvalue weighted by atomic mass is 16.2. The molecule has 0 atom stereocenters. The Kier molecular flexibility index (Phi) is 6.86. The highest BCUT2D eigenvalue weighted by Crippen LogP contribution is 2.37. The molecule has 2 rings (SSSR count). The predicted molar refractivity (Wildman–Crippen MR) is 109 cm³/mol. The summed E-state index contributed by atoms with van der Waals surface area (Å²) < 4.78 is 0. The summed E-state index contributed by atoms with van der Waals surface area (Å²) in [6.45, 7) is 10.6. The van der Waals surface area contributed by atoms with Crippen LogP contribution in [0.25, 0.3) is 0 Å². The molecule has 1 aromatic rings. The summed E-state index contributed by atoms with van der Waals surface area (Å²) in [5.74, 6) is 0.175. The van der Waals surface area contributed by atoms with Crippen LogP contribution in [-0.4, -0.2) is 73.5 Å². The lowest BCUT2D eigenvalue weighted by Gasteiger charge is -2.48. The van der Waals surface area contributed by atoms with Gasteiger partial charge in [-0.15, -0.1) is 0 Å². The summed E-state index contributed by atoms with van der Waals surface area (Å²) in [6.07, 6.45) is 3.45. The Morgan fingerprint density at radius 2 is 1.65 bits per heavy atom. The van der Waals surface area contributed by atoms with E-state index >= 15 is 0 Å². The minimum Gasteiger partial charge on any atom is -0.348 e. The molecule has 4 nitrogen and oxygen atoms in total. The zero-order chi connectivity index (χ0) is 19.4. The van der Waals surface area contributed by atoms with E-state index in [-0.39, 0.29) is 16.9 Å². The normalized spacial score (nSPS) is 18.1. The molecule has 1 aliphatic rings. The summed E-state index contributed by atoms with van der Waals surface area (Å²) in [6, 6.07) is 10.8. The van der Waals surface area contributed by atoms with E-state index in [9.17, 15) is 4.79 Å². The molecule has 0 bridgehead atoms. The minimum atomic E-state index is 0.175. The van der Waals surface area contributed by atoms with Crippen LogP contribution in [-0.2, 0) is 11.2 Å². The molecule has 0 unspecified atom stereocenters. The van der Waals surface area contributed by atoms with Crippen molar-refractivity contribution in [1.29, 1.82) is 0 Å². The first kappa shape index (κ1) is 20.9. The fourth-order valence-corrected chi connectivity index (χ4v) is 4.07. The molecule has 0 radical (unpaired) electrons. The fraction of sp³-hybridized carbons (Fsp3) is 0.682. The van der Waals surface area contributed by atoms with Crippen LogP contribution >= 0.6 is 0 Å². The lowest BCUT2D eigenvalue weighted by Crippen LogP contribution is -2.52. The van der Waals surface area contributed by atoms with E-state index in [1.807, 2.05) is 14.1 Å². The third-order valence-corrected chi connectivity index (χ3v) is 5.70. The predicted octanol–water partition coefficient (Wildman–Crippen LogP) is 3.13. The number of likely N-dealkylation sites (N-methyl/N-ethyl adjacent to an activating group) is 2. The quantitative estimate of drug-likeness (QED) is 0.781. The summed E-state index contributed by atoms with van der Waals surface area (Å²) in [5.41, 5.74) is 1.87. The van der Waals surface area contributed by atoms with E-state index in [1.54, 1.807) is 4.90 Å². The number of carbonyl (C=O) groups is 1. The second-order valence-corrected chi connectivity index (χ2v) is 9.28. The van der Waals surface area contributed by atoms with Crippen molar-refractivity contribution in [1.82, 2.24) is 14.7 Å². The average Bonchev–Trinajstić information content (AvgIpc) is 2.54. The van der Waals surface area contributed by atoms with Crippen molar-refractivity contribution < 1.29 is 4.79 Å². The van der Waals surface area contributed by atoms with Gasteiger partial charge >= 0.3 is 0 Å². The smallest absolute Gasteiger partial charge is 0.236 e. The molecule has 0 aliphatic carbocycles. The van der Waals surface area contributed by atoms with Gasteiger partial charge in [0, 0.05) is 26.2 Å². The molecule has 1 fully saturated rings. The van der Waals surface area contributed by atoms with Gasteiger partial charge in [-0.2, -0.15) is 0 Å². The first-order valence-corrected chi connectivity index (χ1v) is 9.79. The molecular formula is C22H37N3O. The Morgan fingerprint density at radius 3 is 2.15 bits per heavy atom. The zero-order valence-corrected chi connectivity index (χ0v) is 17.6. The van der Waals surface area contributed by atoms with Crippen LogP contribution in [0.2, 0.25) is 0 Å². The van der Waals surface area contributed by atoms with Gasteiger partial charge in [0.15, 0.2) is 0 Å². The lowest BCUT2D eigenvalue weighted by molar-refractivity contribution is -0.130. The van der Waals surface area contributed by atoms with Gasteiger partial charge in [0.1, 0.15) is 0 Å². The summed E-state index contributed by atoms with van der Waals surface area (Å²) in [4.78, 5) is 18.6. The van der Waals surface area contributed by atoms with Crippen molar-refractivity contribution in [3.8, 4) is 0 Å². The number of amides is 1. The molecule has 1 saturated heterocycles. The Labute approximate surface area is 160 Å². The van der Waals surface area contributed by atoms with Crippen LogP contribution in [0.1, 0.15) is 39.2 Å². The first-order valence-electron chi connectivity index (χ1n) is 9.79. The number of piperidine rings is 1. The van der Waals surface area contributed by atoms with Crippen LogP contribution in [0.3, 0.4) is 0 Å². The van der Waals surface area contributed by atoms with E-state index in [0.717, 1.165) is 26.1 Å². The largest absolute Gasteiger partial charge is 0.348 e. The Balaban J connectivity index is 2.11. The van der Waals surface area contributed by atoms with Gasteiger partial charge in [-0.25, -0.2) is 0 Å². The Morgan fingerprint density at radius 1 is 1.08 bits per heavy atom. The molecule has 26 heavy (non-hydrogen) atoms. The topological polar surface area (TPSA) is 26.8 Å². The van der Waals surface area contributed by atoms with Crippen LogP contribution in [0.4, 0.5) is 0 Å². The van der Waals surface area contributed by atoms with Crippen molar-refractivity contribution in [3.05, 3.63) is 35.9 Å². The third kappa shape index (κ3) is 5.82. The molecule has 0 saturated carbocycles. The Hall–Kier alpha value is -1.39. The minimum absolute atomic E-state index is 0.175.